The Kier molecular flexibility index (Phi) is 11.0. The molecule has 0 unspecified atom stereocenters. The summed E-state index contributed by atoms with van der Waals surface area (Å²) < 4.78 is 46.4. The summed E-state index contributed by atoms with van der Waals surface area (Å²) in [5, 5.41) is 35.5. The van der Waals surface area contributed by atoms with Crippen LogP contribution in [0.2, 0.25) is 0 Å². The minimum Gasteiger partial charge on any atom is -0.478 e. The van der Waals surface area contributed by atoms with E-state index in [-0.39, 0.29) is 28.1 Å². The van der Waals surface area contributed by atoms with Gasteiger partial charge >= 0.3 is 30.1 Å². The molecule has 1 aromatic carbocycles. The first-order chi connectivity index (χ1) is 18.7. The third-order valence-corrected chi connectivity index (χ3v) is 6.32. The zero-order chi connectivity index (χ0) is 30.2. The normalized spacial score (nSPS) is 17.1. The second-order valence-electron chi connectivity index (χ2n) is 8.74. The van der Waals surface area contributed by atoms with Gasteiger partial charge in [0.25, 0.3) is 0 Å². The van der Waals surface area contributed by atoms with Gasteiger partial charge in [-0.05, 0) is 25.5 Å². The molecule has 1 fully saturated rings. The maximum atomic E-state index is 13.7. The van der Waals surface area contributed by atoms with Crippen LogP contribution >= 0.6 is 0 Å². The van der Waals surface area contributed by atoms with Crippen molar-refractivity contribution in [2.24, 2.45) is 0 Å². The number of halogens is 3. The van der Waals surface area contributed by atoms with Gasteiger partial charge in [-0.1, -0.05) is 18.2 Å². The molecule has 218 valence electrons. The third-order valence-electron chi connectivity index (χ3n) is 6.32. The number of ether oxygens (including phenoxy) is 1. The molecule has 0 bridgehead atoms. The molecule has 2 aliphatic heterocycles. The Bertz CT molecular complexity index is 1180. The highest BCUT2D eigenvalue weighted by Gasteiger charge is 2.43. The van der Waals surface area contributed by atoms with E-state index in [1.54, 1.807) is 4.90 Å². The Labute approximate surface area is 227 Å². The van der Waals surface area contributed by atoms with Crippen LogP contribution in [0.3, 0.4) is 0 Å². The van der Waals surface area contributed by atoms with Crippen LogP contribution in [0.25, 0.3) is 0 Å². The summed E-state index contributed by atoms with van der Waals surface area (Å²) in [7, 11) is 0. The Morgan fingerprint density at radius 3 is 1.77 bits per heavy atom. The molecule has 1 saturated heterocycles. The lowest BCUT2D eigenvalue weighted by Crippen LogP contribution is -2.42. The van der Waals surface area contributed by atoms with Gasteiger partial charge in [0.1, 0.15) is 0 Å². The number of allylic oxidation sites excluding steroid dienone is 2. The Morgan fingerprint density at radius 2 is 1.35 bits per heavy atom. The number of morpholine rings is 1. The molecule has 0 atom stereocenters. The van der Waals surface area contributed by atoms with Crippen molar-refractivity contribution < 1.29 is 57.5 Å². The molecule has 0 radical (unpaired) electrons. The van der Waals surface area contributed by atoms with Gasteiger partial charge in [0.2, 0.25) is 0 Å². The summed E-state index contributed by atoms with van der Waals surface area (Å²) >= 11 is 0. The fourth-order valence-electron chi connectivity index (χ4n) is 4.52. The van der Waals surface area contributed by atoms with E-state index in [9.17, 15) is 42.6 Å². The van der Waals surface area contributed by atoms with Crippen molar-refractivity contribution >= 4 is 23.9 Å². The standard InChI is InChI=1S/C22H25F3N2O5.C4H4O4/c1-13-17(20(28)29)19(15-5-3-4-6-16(15)22(23,24)25)18(21(30)31)14(2)27(13)8-7-26-9-11-32-12-10-26;5-3(6)1-2-4(7)8/h3-6,19H,7-12H2,1-2H3,(H,28,29)(H,30,31);1-2H,(H,5,6)(H,7,8)/b;2-1-. The molecule has 3 rings (SSSR count). The van der Waals surface area contributed by atoms with Crippen molar-refractivity contribution in [1.29, 1.82) is 0 Å². The molecule has 0 aliphatic carbocycles. The van der Waals surface area contributed by atoms with Gasteiger partial charge in [-0.25, -0.2) is 19.2 Å². The van der Waals surface area contributed by atoms with Crippen LogP contribution in [-0.4, -0.2) is 93.5 Å². The molecular formula is C26H29F3N2O9. The van der Waals surface area contributed by atoms with Crippen LogP contribution in [0.1, 0.15) is 30.9 Å². The first-order valence-corrected chi connectivity index (χ1v) is 11.9. The third kappa shape index (κ3) is 8.16. The molecule has 11 nitrogen and oxygen atoms in total. The predicted octanol–water partition coefficient (Wildman–Crippen LogP) is 2.87. The van der Waals surface area contributed by atoms with E-state index < -0.39 is 41.5 Å². The predicted molar refractivity (Wildman–Crippen MR) is 133 cm³/mol. The van der Waals surface area contributed by atoms with Crippen LogP contribution in [0.4, 0.5) is 13.2 Å². The van der Waals surface area contributed by atoms with E-state index in [0.717, 1.165) is 12.1 Å². The second-order valence-corrected chi connectivity index (χ2v) is 8.74. The average molecular weight is 571 g/mol. The number of aliphatic carboxylic acids is 4. The van der Waals surface area contributed by atoms with Gasteiger partial charge in [-0.15, -0.1) is 0 Å². The first kappa shape index (κ1) is 32.0. The average Bonchev–Trinajstić information content (AvgIpc) is 2.87. The van der Waals surface area contributed by atoms with E-state index >= 15 is 0 Å². The summed E-state index contributed by atoms with van der Waals surface area (Å²) in [6, 6.07) is 4.52. The number of carboxylic acid groups (broad SMARTS) is 4. The number of benzene rings is 1. The summed E-state index contributed by atoms with van der Waals surface area (Å²) in [6.45, 7) is 6.38. The number of hydrogen-bond donors (Lipinski definition) is 4. The van der Waals surface area contributed by atoms with E-state index in [1.807, 2.05) is 0 Å². The molecule has 0 aromatic heterocycles. The van der Waals surface area contributed by atoms with Gasteiger partial charge in [0.15, 0.2) is 0 Å². The van der Waals surface area contributed by atoms with Gasteiger partial charge in [-0.2, -0.15) is 13.2 Å². The number of rotatable bonds is 8. The largest absolute Gasteiger partial charge is 0.478 e. The maximum Gasteiger partial charge on any atom is 0.416 e. The lowest BCUT2D eigenvalue weighted by atomic mass is 9.78. The lowest BCUT2D eigenvalue weighted by molar-refractivity contribution is -0.139. The van der Waals surface area contributed by atoms with Crippen LogP contribution in [0.15, 0.2) is 59.0 Å². The zero-order valence-corrected chi connectivity index (χ0v) is 21.6. The molecule has 0 saturated carbocycles. The fraction of sp³-hybridized carbons (Fsp3) is 0.385. The topological polar surface area (TPSA) is 165 Å². The molecule has 4 N–H and O–H groups in total. The second kappa shape index (κ2) is 13.8. The molecule has 0 amide bonds. The lowest BCUT2D eigenvalue weighted by Gasteiger charge is -2.39. The van der Waals surface area contributed by atoms with Crippen molar-refractivity contribution in [2.75, 3.05) is 39.4 Å². The number of nitrogens with zero attached hydrogens (tertiary/aromatic N) is 2. The first-order valence-electron chi connectivity index (χ1n) is 11.9. The fourth-order valence-corrected chi connectivity index (χ4v) is 4.52. The minimum atomic E-state index is -4.76. The zero-order valence-electron chi connectivity index (χ0n) is 21.6. The number of hydrogen-bond acceptors (Lipinski definition) is 7. The molecular weight excluding hydrogens is 541 g/mol. The van der Waals surface area contributed by atoms with E-state index in [2.05, 4.69) is 4.90 Å². The Hall–Kier alpha value is -4.17. The highest BCUT2D eigenvalue weighted by atomic mass is 19.4. The maximum absolute atomic E-state index is 13.7. The summed E-state index contributed by atoms with van der Waals surface area (Å²) in [6.07, 6.45) is -3.65. The van der Waals surface area contributed by atoms with Crippen LogP contribution in [0.5, 0.6) is 0 Å². The summed E-state index contributed by atoms with van der Waals surface area (Å²) in [5.74, 6) is -6.97. The molecule has 14 heteroatoms. The Morgan fingerprint density at radius 1 is 0.875 bits per heavy atom. The molecule has 0 spiro atoms. The Balaban J connectivity index is 0.000000611. The van der Waals surface area contributed by atoms with Gasteiger partial charge in [-0.3, -0.25) is 4.90 Å². The van der Waals surface area contributed by atoms with Crippen LogP contribution in [0, 0.1) is 0 Å². The number of alkyl halides is 3. The van der Waals surface area contributed by atoms with E-state index in [1.165, 1.54) is 26.0 Å². The summed E-state index contributed by atoms with van der Waals surface area (Å²) in [4.78, 5) is 47.2. The minimum absolute atomic E-state index is 0.232. The van der Waals surface area contributed by atoms with E-state index in [0.29, 0.717) is 51.5 Å². The quantitative estimate of drug-likeness (QED) is 0.340. The van der Waals surface area contributed by atoms with Crippen molar-refractivity contribution in [3.8, 4) is 0 Å². The smallest absolute Gasteiger partial charge is 0.416 e. The number of carbonyl (C=O) groups is 4. The van der Waals surface area contributed by atoms with Gasteiger partial charge in [0.05, 0.1) is 35.8 Å². The van der Waals surface area contributed by atoms with Crippen molar-refractivity contribution in [2.45, 2.75) is 25.9 Å². The van der Waals surface area contributed by atoms with Crippen LogP contribution < -0.4 is 0 Å². The SMILES string of the molecule is CC1=C(C(=O)O)C(c2ccccc2C(F)(F)F)C(C(=O)O)=C(C)N1CCN1CCOCC1.O=C(O)/C=C\C(=O)O. The molecule has 2 aliphatic rings. The molecule has 40 heavy (non-hydrogen) atoms. The highest BCUT2D eigenvalue weighted by Crippen LogP contribution is 2.46. The van der Waals surface area contributed by atoms with Crippen molar-refractivity contribution in [3.05, 3.63) is 70.1 Å². The van der Waals surface area contributed by atoms with Gasteiger partial charge < -0.3 is 30.1 Å². The molecule has 1 aromatic rings. The van der Waals surface area contributed by atoms with Gasteiger partial charge in [0, 0.05) is 49.7 Å². The summed E-state index contributed by atoms with van der Waals surface area (Å²) in [5.41, 5.74) is -1.71. The van der Waals surface area contributed by atoms with Crippen molar-refractivity contribution in [3.63, 3.8) is 0 Å². The monoisotopic (exact) mass is 570 g/mol. The number of carboxylic acids is 4. The van der Waals surface area contributed by atoms with E-state index in [4.69, 9.17) is 14.9 Å². The molecule has 2 heterocycles. The van der Waals surface area contributed by atoms with Crippen molar-refractivity contribution in [1.82, 2.24) is 9.80 Å². The van der Waals surface area contributed by atoms with Crippen LogP contribution in [-0.2, 0) is 30.1 Å². The highest BCUT2D eigenvalue weighted by molar-refractivity contribution is 5.98.